The summed E-state index contributed by atoms with van der Waals surface area (Å²) in [7, 11) is 1.64. The lowest BCUT2D eigenvalue weighted by molar-refractivity contribution is -0.152. The summed E-state index contributed by atoms with van der Waals surface area (Å²) in [6.45, 7) is 5.20. The second-order valence-electron chi connectivity index (χ2n) is 7.64. The maximum absolute atomic E-state index is 12.8. The van der Waals surface area contributed by atoms with E-state index in [1.807, 2.05) is 35.8 Å². The Balaban J connectivity index is 1.62. The Hall–Kier alpha value is -2.90. The van der Waals surface area contributed by atoms with Crippen molar-refractivity contribution in [3.63, 3.8) is 0 Å². The van der Waals surface area contributed by atoms with Crippen LogP contribution in [0.1, 0.15) is 32.5 Å². The summed E-state index contributed by atoms with van der Waals surface area (Å²) in [6.07, 6.45) is 2.20. The van der Waals surface area contributed by atoms with Crippen molar-refractivity contribution >= 4 is 28.8 Å². The van der Waals surface area contributed by atoms with Crippen LogP contribution in [0.2, 0.25) is 0 Å². The van der Waals surface area contributed by atoms with Crippen molar-refractivity contribution in [1.29, 1.82) is 0 Å². The van der Waals surface area contributed by atoms with Crippen molar-refractivity contribution in [3.05, 3.63) is 30.1 Å². The third kappa shape index (κ3) is 4.80. The molecule has 1 aliphatic heterocycles. The molecule has 1 saturated heterocycles. The second kappa shape index (κ2) is 9.73. The Labute approximate surface area is 176 Å². The van der Waals surface area contributed by atoms with Gasteiger partial charge in [0.2, 0.25) is 11.8 Å². The van der Waals surface area contributed by atoms with Crippen LogP contribution in [0.15, 0.2) is 24.3 Å². The predicted octanol–water partition coefficient (Wildman–Crippen LogP) is 1.86. The quantitative estimate of drug-likeness (QED) is 0.646. The second-order valence-corrected chi connectivity index (χ2v) is 7.64. The molecule has 0 radical (unpaired) electrons. The normalized spacial score (nSPS) is 16.5. The summed E-state index contributed by atoms with van der Waals surface area (Å²) < 4.78 is 7.01. The van der Waals surface area contributed by atoms with Crippen molar-refractivity contribution in [2.75, 3.05) is 33.3 Å². The van der Waals surface area contributed by atoms with E-state index in [-0.39, 0.29) is 36.8 Å². The van der Waals surface area contributed by atoms with Crippen LogP contribution in [0.4, 0.5) is 0 Å². The fourth-order valence-corrected chi connectivity index (χ4v) is 3.87. The van der Waals surface area contributed by atoms with E-state index in [4.69, 9.17) is 4.74 Å². The van der Waals surface area contributed by atoms with E-state index in [2.05, 4.69) is 4.98 Å². The van der Waals surface area contributed by atoms with Gasteiger partial charge < -0.3 is 19.1 Å². The van der Waals surface area contributed by atoms with Crippen LogP contribution in [0.3, 0.4) is 0 Å². The molecule has 2 amide bonds. The number of para-hydroxylation sites is 2. The van der Waals surface area contributed by atoms with E-state index in [9.17, 15) is 14.4 Å². The first-order valence-corrected chi connectivity index (χ1v) is 10.6. The Morgan fingerprint density at radius 3 is 2.73 bits per heavy atom. The number of aromatic nitrogens is 2. The number of imidazole rings is 1. The van der Waals surface area contributed by atoms with Crippen LogP contribution in [-0.2, 0) is 32.1 Å². The highest BCUT2D eigenvalue weighted by Crippen LogP contribution is 2.19. The van der Waals surface area contributed by atoms with Gasteiger partial charge in [0.05, 0.1) is 30.1 Å². The van der Waals surface area contributed by atoms with Gasteiger partial charge in [-0.2, -0.15) is 0 Å². The minimum atomic E-state index is -0.284. The largest absolute Gasteiger partial charge is 0.466 e. The van der Waals surface area contributed by atoms with Gasteiger partial charge in [0.1, 0.15) is 12.4 Å². The van der Waals surface area contributed by atoms with E-state index < -0.39 is 0 Å². The first-order valence-electron chi connectivity index (χ1n) is 10.6. The molecular formula is C22H30N4O4. The van der Waals surface area contributed by atoms with E-state index in [0.717, 1.165) is 29.7 Å². The number of carbonyl (C=O) groups excluding carboxylic acids is 3. The van der Waals surface area contributed by atoms with Crippen LogP contribution in [0, 0.1) is 5.92 Å². The van der Waals surface area contributed by atoms with Crippen molar-refractivity contribution in [2.24, 2.45) is 5.92 Å². The molecule has 1 fully saturated rings. The third-order valence-electron chi connectivity index (χ3n) is 5.54. The van der Waals surface area contributed by atoms with E-state index in [0.29, 0.717) is 26.1 Å². The van der Waals surface area contributed by atoms with Gasteiger partial charge in [-0.3, -0.25) is 14.4 Å². The Morgan fingerprint density at radius 1 is 1.23 bits per heavy atom. The number of esters is 1. The molecule has 2 heterocycles. The number of ether oxygens (including phenoxy) is 1. The maximum Gasteiger partial charge on any atom is 0.310 e. The number of piperidine rings is 1. The van der Waals surface area contributed by atoms with Crippen LogP contribution >= 0.6 is 0 Å². The fourth-order valence-electron chi connectivity index (χ4n) is 3.87. The molecule has 162 valence electrons. The van der Waals surface area contributed by atoms with E-state index in [1.165, 1.54) is 4.90 Å². The minimum absolute atomic E-state index is 0.0114. The van der Waals surface area contributed by atoms with Gasteiger partial charge in [-0.05, 0) is 31.9 Å². The summed E-state index contributed by atoms with van der Waals surface area (Å²) in [5.74, 6) is 0.00962. The predicted molar refractivity (Wildman–Crippen MR) is 113 cm³/mol. The molecule has 1 aliphatic rings. The Morgan fingerprint density at radius 2 is 2.00 bits per heavy atom. The molecule has 30 heavy (non-hydrogen) atoms. The molecule has 8 heteroatoms. The number of amides is 2. The number of likely N-dealkylation sites (N-methyl/N-ethyl adjacent to an activating group) is 1. The van der Waals surface area contributed by atoms with Crippen LogP contribution in [-0.4, -0.2) is 70.4 Å². The lowest BCUT2D eigenvalue weighted by Gasteiger charge is -2.32. The lowest BCUT2D eigenvalue weighted by atomic mass is 9.98. The van der Waals surface area contributed by atoms with E-state index >= 15 is 0 Å². The molecule has 3 rings (SSSR count). The van der Waals surface area contributed by atoms with Crippen molar-refractivity contribution in [3.8, 4) is 0 Å². The molecule has 1 atom stereocenters. The Bertz CT molecular complexity index is 923. The summed E-state index contributed by atoms with van der Waals surface area (Å²) in [5, 5.41) is 0. The van der Waals surface area contributed by atoms with Gasteiger partial charge in [0, 0.05) is 26.6 Å². The minimum Gasteiger partial charge on any atom is -0.466 e. The summed E-state index contributed by atoms with van der Waals surface area (Å²) in [4.78, 5) is 45.3. The van der Waals surface area contributed by atoms with E-state index in [1.54, 1.807) is 18.9 Å². The van der Waals surface area contributed by atoms with Gasteiger partial charge >= 0.3 is 5.97 Å². The highest BCUT2D eigenvalue weighted by atomic mass is 16.5. The Kier molecular flexibility index (Phi) is 7.07. The highest BCUT2D eigenvalue weighted by Gasteiger charge is 2.30. The van der Waals surface area contributed by atoms with Gasteiger partial charge in [0.25, 0.3) is 0 Å². The van der Waals surface area contributed by atoms with Crippen molar-refractivity contribution in [2.45, 2.75) is 39.7 Å². The highest BCUT2D eigenvalue weighted by molar-refractivity contribution is 5.86. The molecular weight excluding hydrogens is 384 g/mol. The summed E-state index contributed by atoms with van der Waals surface area (Å²) in [5.41, 5.74) is 1.77. The van der Waals surface area contributed by atoms with Gasteiger partial charge in [-0.25, -0.2) is 4.98 Å². The van der Waals surface area contributed by atoms with Gasteiger partial charge in [-0.15, -0.1) is 0 Å². The summed E-state index contributed by atoms with van der Waals surface area (Å²) >= 11 is 0. The van der Waals surface area contributed by atoms with Crippen molar-refractivity contribution < 1.29 is 19.1 Å². The molecule has 1 unspecified atom stereocenters. The smallest absolute Gasteiger partial charge is 0.310 e. The number of hydrogen-bond acceptors (Lipinski definition) is 5. The number of rotatable bonds is 7. The zero-order valence-corrected chi connectivity index (χ0v) is 18.0. The van der Waals surface area contributed by atoms with Crippen LogP contribution in [0.25, 0.3) is 11.0 Å². The number of fused-ring (bicyclic) bond motifs is 1. The summed E-state index contributed by atoms with van der Waals surface area (Å²) in [6, 6.07) is 7.73. The SMILES string of the molecule is CCOC(=O)C1CCCN(C(=O)CN(C)C(=O)Cn2c(CC)nc3ccccc32)C1. The zero-order chi connectivity index (χ0) is 21.7. The number of nitrogens with zero attached hydrogens (tertiary/aromatic N) is 4. The topological polar surface area (TPSA) is 84.7 Å². The number of hydrogen-bond donors (Lipinski definition) is 0. The molecule has 0 N–H and O–H groups in total. The monoisotopic (exact) mass is 414 g/mol. The average Bonchev–Trinajstić information content (AvgIpc) is 3.11. The van der Waals surface area contributed by atoms with Crippen molar-refractivity contribution in [1.82, 2.24) is 19.4 Å². The lowest BCUT2D eigenvalue weighted by Crippen LogP contribution is -2.47. The standard InChI is InChI=1S/C22H30N4O4/c1-4-19-23-17-10-6-7-11-18(17)26(19)15-20(27)24(3)14-21(28)25-12-8-9-16(13-25)22(29)30-5-2/h6-7,10-11,16H,4-5,8-9,12-15H2,1-3H3. The maximum atomic E-state index is 12.8. The molecule has 0 spiro atoms. The number of benzene rings is 1. The molecule has 0 aliphatic carbocycles. The number of carbonyl (C=O) groups is 3. The molecule has 8 nitrogen and oxygen atoms in total. The van der Waals surface area contributed by atoms with Crippen LogP contribution in [0.5, 0.6) is 0 Å². The first kappa shape index (κ1) is 21.8. The molecule has 2 aromatic rings. The molecule has 0 bridgehead atoms. The van der Waals surface area contributed by atoms with Crippen LogP contribution < -0.4 is 0 Å². The van der Waals surface area contributed by atoms with Gasteiger partial charge in [0.15, 0.2) is 0 Å². The fraction of sp³-hybridized carbons (Fsp3) is 0.545. The molecule has 0 saturated carbocycles. The number of aryl methyl sites for hydroxylation is 1. The third-order valence-corrected chi connectivity index (χ3v) is 5.54. The molecule has 1 aromatic heterocycles. The zero-order valence-electron chi connectivity index (χ0n) is 18.0. The first-order chi connectivity index (χ1) is 14.4. The number of likely N-dealkylation sites (tertiary alicyclic amines) is 1. The average molecular weight is 415 g/mol. The molecule has 1 aromatic carbocycles. The van der Waals surface area contributed by atoms with Gasteiger partial charge in [-0.1, -0.05) is 19.1 Å².